The molecule has 1 heterocycles. The minimum atomic E-state index is -0.402. The van der Waals surface area contributed by atoms with Gasteiger partial charge in [-0.05, 0) is 41.8 Å². The number of thiophene rings is 1. The average molecular weight is 311 g/mol. The fraction of sp³-hybridized carbons (Fsp3) is 0.0588. The summed E-state index contributed by atoms with van der Waals surface area (Å²) in [5, 5.41) is 3.32. The Bertz CT molecular complexity index is 839. The normalized spacial score (nSPS) is 10.4. The number of carbonyl (C=O) groups excluding carboxylic acids is 2. The molecular formula is C17H13NO3S. The first-order valence-corrected chi connectivity index (χ1v) is 7.47. The molecule has 0 unspecified atom stereocenters. The standard InChI is InChI=1S/C17H13NO3S/c1-21-13-7-8-14-12(9-13)10-15(22-14)17(20)18-16(19)11-5-3-2-4-6-11/h2-10H,1H3,(H,18,19,20). The van der Waals surface area contributed by atoms with Crippen LogP contribution < -0.4 is 10.1 Å². The molecule has 0 aliphatic carbocycles. The van der Waals surface area contributed by atoms with E-state index in [9.17, 15) is 9.59 Å². The van der Waals surface area contributed by atoms with Gasteiger partial charge >= 0.3 is 0 Å². The summed E-state index contributed by atoms with van der Waals surface area (Å²) in [6.07, 6.45) is 0. The van der Waals surface area contributed by atoms with Crippen LogP contribution in [0.1, 0.15) is 20.0 Å². The summed E-state index contributed by atoms with van der Waals surface area (Å²) in [5.41, 5.74) is 0.457. The third-order valence-electron chi connectivity index (χ3n) is 3.21. The predicted octanol–water partition coefficient (Wildman–Crippen LogP) is 3.48. The summed E-state index contributed by atoms with van der Waals surface area (Å²) >= 11 is 1.34. The molecule has 3 rings (SSSR count). The van der Waals surface area contributed by atoms with Gasteiger partial charge in [-0.1, -0.05) is 18.2 Å². The number of hydrogen-bond acceptors (Lipinski definition) is 4. The fourth-order valence-corrected chi connectivity index (χ4v) is 3.03. The van der Waals surface area contributed by atoms with Crippen LogP contribution in [0.25, 0.3) is 10.1 Å². The van der Waals surface area contributed by atoms with Crippen molar-refractivity contribution in [1.82, 2.24) is 5.32 Å². The second kappa shape index (κ2) is 5.99. The Labute approximate surface area is 131 Å². The molecule has 1 N–H and O–H groups in total. The Balaban J connectivity index is 1.82. The van der Waals surface area contributed by atoms with Crippen LogP contribution in [-0.4, -0.2) is 18.9 Å². The van der Waals surface area contributed by atoms with E-state index in [4.69, 9.17) is 4.74 Å². The lowest BCUT2D eigenvalue weighted by Gasteiger charge is -2.01. The summed E-state index contributed by atoms with van der Waals surface area (Å²) in [6, 6.07) is 16.0. The first-order chi connectivity index (χ1) is 10.7. The van der Waals surface area contributed by atoms with Crippen molar-refractivity contribution in [2.45, 2.75) is 0 Å². The number of hydrogen-bond donors (Lipinski definition) is 1. The van der Waals surface area contributed by atoms with Gasteiger partial charge in [0.2, 0.25) is 0 Å². The highest BCUT2D eigenvalue weighted by atomic mass is 32.1. The maximum atomic E-state index is 12.2. The van der Waals surface area contributed by atoms with E-state index in [0.717, 1.165) is 15.8 Å². The number of fused-ring (bicyclic) bond motifs is 1. The molecule has 0 fully saturated rings. The van der Waals surface area contributed by atoms with Crippen molar-refractivity contribution in [1.29, 1.82) is 0 Å². The second-order valence-electron chi connectivity index (χ2n) is 4.66. The van der Waals surface area contributed by atoms with Gasteiger partial charge in [0, 0.05) is 10.3 Å². The van der Waals surface area contributed by atoms with Crippen LogP contribution >= 0.6 is 11.3 Å². The highest BCUT2D eigenvalue weighted by molar-refractivity contribution is 7.20. The van der Waals surface area contributed by atoms with Crippen LogP contribution in [0.3, 0.4) is 0 Å². The van der Waals surface area contributed by atoms with Crippen LogP contribution in [0.4, 0.5) is 0 Å². The molecule has 0 atom stereocenters. The molecule has 0 aliphatic rings. The Kier molecular flexibility index (Phi) is 3.89. The van der Waals surface area contributed by atoms with E-state index in [0.29, 0.717) is 10.4 Å². The van der Waals surface area contributed by atoms with Gasteiger partial charge in [0.1, 0.15) is 5.75 Å². The molecule has 0 spiro atoms. The topological polar surface area (TPSA) is 55.4 Å². The minimum Gasteiger partial charge on any atom is -0.497 e. The third kappa shape index (κ3) is 2.84. The van der Waals surface area contributed by atoms with Crippen LogP contribution in [0.15, 0.2) is 54.6 Å². The summed E-state index contributed by atoms with van der Waals surface area (Å²) in [5.74, 6) is -0.0627. The maximum absolute atomic E-state index is 12.2. The molecule has 2 amide bonds. The van der Waals surface area contributed by atoms with Crippen molar-refractivity contribution in [2.24, 2.45) is 0 Å². The molecule has 110 valence electrons. The fourth-order valence-electron chi connectivity index (χ4n) is 2.09. The molecule has 0 aliphatic heterocycles. The molecule has 22 heavy (non-hydrogen) atoms. The van der Waals surface area contributed by atoms with Gasteiger partial charge in [-0.15, -0.1) is 11.3 Å². The summed E-state index contributed by atoms with van der Waals surface area (Å²) in [4.78, 5) is 24.7. The lowest BCUT2D eigenvalue weighted by atomic mass is 10.2. The highest BCUT2D eigenvalue weighted by Crippen LogP contribution is 2.28. The van der Waals surface area contributed by atoms with Gasteiger partial charge in [0.15, 0.2) is 0 Å². The number of nitrogens with one attached hydrogen (secondary N) is 1. The van der Waals surface area contributed by atoms with Gasteiger partial charge in [-0.3, -0.25) is 14.9 Å². The minimum absolute atomic E-state index is 0.394. The number of methoxy groups -OCH3 is 1. The zero-order valence-electron chi connectivity index (χ0n) is 11.8. The number of imide groups is 1. The van der Waals surface area contributed by atoms with E-state index in [-0.39, 0.29) is 0 Å². The van der Waals surface area contributed by atoms with E-state index >= 15 is 0 Å². The van der Waals surface area contributed by atoms with Gasteiger partial charge in [0.05, 0.1) is 12.0 Å². The van der Waals surface area contributed by atoms with Crippen molar-refractivity contribution in [3.05, 3.63) is 65.0 Å². The highest BCUT2D eigenvalue weighted by Gasteiger charge is 2.14. The number of rotatable bonds is 3. The van der Waals surface area contributed by atoms with Crippen molar-refractivity contribution >= 4 is 33.2 Å². The average Bonchev–Trinajstić information content (AvgIpc) is 2.98. The summed E-state index contributed by atoms with van der Waals surface area (Å²) in [6.45, 7) is 0. The lowest BCUT2D eigenvalue weighted by molar-refractivity contribution is 0.0851. The molecule has 0 radical (unpaired) electrons. The summed E-state index contributed by atoms with van der Waals surface area (Å²) < 4.78 is 6.13. The van der Waals surface area contributed by atoms with E-state index in [1.165, 1.54) is 11.3 Å². The van der Waals surface area contributed by atoms with Crippen LogP contribution in [0, 0.1) is 0 Å². The zero-order valence-corrected chi connectivity index (χ0v) is 12.6. The Hall–Kier alpha value is -2.66. The molecule has 5 heteroatoms. The van der Waals surface area contributed by atoms with Crippen LogP contribution in [0.2, 0.25) is 0 Å². The number of amides is 2. The third-order valence-corrected chi connectivity index (χ3v) is 4.33. The molecule has 0 bridgehead atoms. The molecule has 0 saturated carbocycles. The monoisotopic (exact) mass is 311 g/mol. The molecule has 0 saturated heterocycles. The van der Waals surface area contributed by atoms with Gasteiger partial charge in [-0.25, -0.2) is 0 Å². The molecule has 4 nitrogen and oxygen atoms in total. The van der Waals surface area contributed by atoms with Crippen molar-refractivity contribution in [3.63, 3.8) is 0 Å². The van der Waals surface area contributed by atoms with E-state index in [1.807, 2.05) is 24.3 Å². The maximum Gasteiger partial charge on any atom is 0.268 e. The van der Waals surface area contributed by atoms with Gasteiger partial charge in [-0.2, -0.15) is 0 Å². The zero-order chi connectivity index (χ0) is 15.5. The number of carbonyl (C=O) groups is 2. The van der Waals surface area contributed by atoms with E-state index < -0.39 is 11.8 Å². The number of benzene rings is 2. The van der Waals surface area contributed by atoms with Crippen molar-refractivity contribution in [2.75, 3.05) is 7.11 Å². The van der Waals surface area contributed by atoms with Crippen LogP contribution in [0.5, 0.6) is 5.75 Å². The molecule has 3 aromatic rings. The smallest absolute Gasteiger partial charge is 0.268 e. The Morgan fingerprint density at radius 2 is 1.77 bits per heavy atom. The molecule has 2 aromatic carbocycles. The number of ether oxygens (including phenoxy) is 1. The SMILES string of the molecule is COc1ccc2sc(C(=O)NC(=O)c3ccccc3)cc2c1. The molecule has 1 aromatic heterocycles. The van der Waals surface area contributed by atoms with Gasteiger partial charge in [0.25, 0.3) is 11.8 Å². The van der Waals surface area contributed by atoms with E-state index in [1.54, 1.807) is 37.4 Å². The van der Waals surface area contributed by atoms with Crippen molar-refractivity contribution in [3.8, 4) is 5.75 Å². The second-order valence-corrected chi connectivity index (χ2v) is 5.75. The first-order valence-electron chi connectivity index (χ1n) is 6.65. The largest absolute Gasteiger partial charge is 0.497 e. The van der Waals surface area contributed by atoms with Gasteiger partial charge < -0.3 is 4.74 Å². The van der Waals surface area contributed by atoms with Crippen LogP contribution in [-0.2, 0) is 0 Å². The van der Waals surface area contributed by atoms with E-state index in [2.05, 4.69) is 5.32 Å². The van der Waals surface area contributed by atoms with Crippen molar-refractivity contribution < 1.29 is 14.3 Å². The Morgan fingerprint density at radius 3 is 2.50 bits per heavy atom. The predicted molar refractivity (Wildman–Crippen MR) is 86.6 cm³/mol. The lowest BCUT2D eigenvalue weighted by Crippen LogP contribution is -2.29. The molecular weight excluding hydrogens is 298 g/mol. The quantitative estimate of drug-likeness (QED) is 0.753. The Morgan fingerprint density at radius 1 is 1.00 bits per heavy atom. The first kappa shape index (κ1) is 14.3. The summed E-state index contributed by atoms with van der Waals surface area (Å²) in [7, 11) is 1.60.